The van der Waals surface area contributed by atoms with Crippen molar-refractivity contribution in [3.63, 3.8) is 0 Å². The minimum absolute atomic E-state index is 0.206. The third-order valence-corrected chi connectivity index (χ3v) is 3.24. The van der Waals surface area contributed by atoms with Gasteiger partial charge in [0.05, 0.1) is 12.9 Å². The summed E-state index contributed by atoms with van der Waals surface area (Å²) in [7, 11) is 0.135. The Morgan fingerprint density at radius 2 is 2.19 bits per heavy atom. The van der Waals surface area contributed by atoms with Crippen LogP contribution in [0.2, 0.25) is 0 Å². The summed E-state index contributed by atoms with van der Waals surface area (Å²) in [6.45, 7) is 1.92. The highest BCUT2D eigenvalue weighted by molar-refractivity contribution is 7.84. The second kappa shape index (κ2) is 5.65. The number of carbonyl (C=O) groups is 1. The van der Waals surface area contributed by atoms with Crippen LogP contribution < -0.4 is 4.74 Å². The molecule has 1 atom stereocenters. The molecule has 16 heavy (non-hydrogen) atoms. The highest BCUT2D eigenvalue weighted by Gasteiger charge is 2.10. The summed E-state index contributed by atoms with van der Waals surface area (Å²) < 4.78 is 16.6. The number of carboxylic acids is 1. The van der Waals surface area contributed by atoms with E-state index >= 15 is 0 Å². The molecule has 0 aliphatic rings. The Bertz CT molecular complexity index is 414. The predicted octanol–water partition coefficient (Wildman–Crippen LogP) is 1.34. The average molecular weight is 242 g/mol. The van der Waals surface area contributed by atoms with Crippen molar-refractivity contribution in [1.29, 1.82) is 0 Å². The molecular formula is C11H14O4S. The van der Waals surface area contributed by atoms with Gasteiger partial charge in [-0.2, -0.15) is 0 Å². The van der Waals surface area contributed by atoms with E-state index in [0.29, 0.717) is 5.75 Å². The number of hydrogen-bond donors (Lipinski definition) is 1. The van der Waals surface area contributed by atoms with Crippen LogP contribution >= 0.6 is 0 Å². The highest BCUT2D eigenvalue weighted by atomic mass is 32.2. The maximum Gasteiger partial charge on any atom is 0.316 e. The molecular weight excluding hydrogens is 228 g/mol. The third kappa shape index (κ3) is 3.66. The Balaban J connectivity index is 2.83. The zero-order valence-electron chi connectivity index (χ0n) is 9.23. The zero-order chi connectivity index (χ0) is 12.1. The standard InChI is InChI=1S/C11H14O4S/c1-8-3-4-10(15-2)9(5-8)6-16(14)7-11(12)13/h3-5H,6-7H2,1-2H3,(H,12,13). The molecule has 1 rings (SSSR count). The van der Waals surface area contributed by atoms with E-state index in [1.807, 2.05) is 19.1 Å². The Hall–Kier alpha value is -1.36. The van der Waals surface area contributed by atoms with Gasteiger partial charge in [0.25, 0.3) is 0 Å². The van der Waals surface area contributed by atoms with E-state index < -0.39 is 16.8 Å². The van der Waals surface area contributed by atoms with Crippen LogP contribution in [0.5, 0.6) is 5.75 Å². The van der Waals surface area contributed by atoms with Gasteiger partial charge in [-0.25, -0.2) is 0 Å². The van der Waals surface area contributed by atoms with E-state index in [-0.39, 0.29) is 11.5 Å². The number of aryl methyl sites for hydroxylation is 1. The average Bonchev–Trinajstić information content (AvgIpc) is 2.16. The molecule has 0 aliphatic heterocycles. The summed E-state index contributed by atoms with van der Waals surface area (Å²) >= 11 is 0. The predicted molar refractivity (Wildman–Crippen MR) is 62.1 cm³/mol. The Kier molecular flexibility index (Phi) is 4.49. The summed E-state index contributed by atoms with van der Waals surface area (Å²) in [4.78, 5) is 10.4. The van der Waals surface area contributed by atoms with Crippen LogP contribution in [0, 0.1) is 6.92 Å². The molecule has 0 aliphatic carbocycles. The zero-order valence-corrected chi connectivity index (χ0v) is 10.0. The molecule has 1 N–H and O–H groups in total. The van der Waals surface area contributed by atoms with Crippen LogP contribution in [0.25, 0.3) is 0 Å². The van der Waals surface area contributed by atoms with Gasteiger partial charge >= 0.3 is 5.97 Å². The SMILES string of the molecule is COc1ccc(C)cc1CS(=O)CC(=O)O. The molecule has 1 aromatic rings. The molecule has 0 heterocycles. The second-order valence-electron chi connectivity index (χ2n) is 3.44. The van der Waals surface area contributed by atoms with Gasteiger partial charge in [0, 0.05) is 16.4 Å². The monoisotopic (exact) mass is 242 g/mol. The molecule has 5 heteroatoms. The van der Waals surface area contributed by atoms with Gasteiger partial charge in [0.15, 0.2) is 0 Å². The quantitative estimate of drug-likeness (QED) is 0.846. The van der Waals surface area contributed by atoms with E-state index in [1.165, 1.54) is 7.11 Å². The fourth-order valence-electron chi connectivity index (χ4n) is 1.38. The number of benzene rings is 1. The Morgan fingerprint density at radius 1 is 1.50 bits per heavy atom. The van der Waals surface area contributed by atoms with Gasteiger partial charge in [-0.05, 0) is 13.0 Å². The fraction of sp³-hybridized carbons (Fsp3) is 0.364. The topological polar surface area (TPSA) is 63.6 Å². The van der Waals surface area contributed by atoms with E-state index in [2.05, 4.69) is 0 Å². The van der Waals surface area contributed by atoms with E-state index in [0.717, 1.165) is 11.1 Å². The van der Waals surface area contributed by atoms with Crippen LogP contribution in [0.3, 0.4) is 0 Å². The summed E-state index contributed by atoms with van der Waals surface area (Å²) in [5.41, 5.74) is 1.81. The molecule has 0 fully saturated rings. The summed E-state index contributed by atoms with van der Waals surface area (Å²) in [5.74, 6) is -0.539. The molecule has 0 amide bonds. The van der Waals surface area contributed by atoms with Gasteiger partial charge < -0.3 is 9.84 Å². The maximum atomic E-state index is 11.5. The van der Waals surface area contributed by atoms with E-state index in [9.17, 15) is 9.00 Å². The van der Waals surface area contributed by atoms with Gasteiger partial charge in [-0.3, -0.25) is 9.00 Å². The molecule has 1 aromatic carbocycles. The van der Waals surface area contributed by atoms with Crippen LogP contribution in [0.1, 0.15) is 11.1 Å². The van der Waals surface area contributed by atoms with Crippen molar-refractivity contribution in [2.75, 3.05) is 12.9 Å². The lowest BCUT2D eigenvalue weighted by Crippen LogP contribution is -2.11. The second-order valence-corrected chi connectivity index (χ2v) is 4.89. The molecule has 0 radical (unpaired) electrons. The van der Waals surface area contributed by atoms with E-state index in [4.69, 9.17) is 9.84 Å². The largest absolute Gasteiger partial charge is 0.496 e. The molecule has 0 saturated heterocycles. The lowest BCUT2D eigenvalue weighted by atomic mass is 10.1. The first-order valence-corrected chi connectivity index (χ1v) is 6.22. The van der Waals surface area contributed by atoms with Crippen molar-refractivity contribution in [2.24, 2.45) is 0 Å². The molecule has 0 saturated carbocycles. The number of hydrogen-bond acceptors (Lipinski definition) is 3. The molecule has 4 nitrogen and oxygen atoms in total. The van der Waals surface area contributed by atoms with Gasteiger partial charge in [-0.15, -0.1) is 0 Å². The van der Waals surface area contributed by atoms with E-state index in [1.54, 1.807) is 6.07 Å². The smallest absolute Gasteiger partial charge is 0.316 e. The minimum Gasteiger partial charge on any atom is -0.496 e. The number of aliphatic carboxylic acids is 1. The lowest BCUT2D eigenvalue weighted by molar-refractivity contribution is -0.133. The molecule has 0 aromatic heterocycles. The van der Waals surface area contributed by atoms with Crippen LogP contribution in [-0.2, 0) is 21.3 Å². The maximum absolute atomic E-state index is 11.5. The number of ether oxygens (including phenoxy) is 1. The normalized spacial score (nSPS) is 12.1. The first-order chi connectivity index (χ1) is 7.52. The molecule has 0 spiro atoms. The van der Waals surface area contributed by atoms with Gasteiger partial charge in [0.2, 0.25) is 0 Å². The van der Waals surface area contributed by atoms with Crippen molar-refractivity contribution >= 4 is 16.8 Å². The molecule has 1 unspecified atom stereocenters. The molecule has 88 valence electrons. The third-order valence-electron chi connectivity index (χ3n) is 2.04. The minimum atomic E-state index is -1.40. The van der Waals surface area contributed by atoms with Crippen molar-refractivity contribution < 1.29 is 18.8 Å². The van der Waals surface area contributed by atoms with Crippen molar-refractivity contribution in [2.45, 2.75) is 12.7 Å². The van der Waals surface area contributed by atoms with Crippen molar-refractivity contribution in [1.82, 2.24) is 0 Å². The number of carboxylic acid groups (broad SMARTS) is 1. The van der Waals surface area contributed by atoms with Gasteiger partial charge in [-0.1, -0.05) is 17.7 Å². The Labute approximate surface area is 96.7 Å². The lowest BCUT2D eigenvalue weighted by Gasteiger charge is -2.08. The number of methoxy groups -OCH3 is 1. The van der Waals surface area contributed by atoms with Crippen molar-refractivity contribution in [3.8, 4) is 5.75 Å². The summed E-state index contributed by atoms with van der Waals surface area (Å²) in [6.07, 6.45) is 0. The highest BCUT2D eigenvalue weighted by Crippen LogP contribution is 2.21. The van der Waals surface area contributed by atoms with Crippen LogP contribution in [0.4, 0.5) is 0 Å². The number of rotatable bonds is 5. The first-order valence-electron chi connectivity index (χ1n) is 4.73. The van der Waals surface area contributed by atoms with Gasteiger partial charge in [0.1, 0.15) is 11.5 Å². The Morgan fingerprint density at radius 3 is 2.75 bits per heavy atom. The van der Waals surface area contributed by atoms with Crippen molar-refractivity contribution in [3.05, 3.63) is 29.3 Å². The van der Waals surface area contributed by atoms with Crippen LogP contribution in [0.15, 0.2) is 18.2 Å². The first kappa shape index (κ1) is 12.7. The van der Waals surface area contributed by atoms with Crippen LogP contribution in [-0.4, -0.2) is 28.1 Å². The summed E-state index contributed by atoms with van der Waals surface area (Å²) in [6, 6.07) is 5.55. The fourth-order valence-corrected chi connectivity index (χ4v) is 2.33. The molecule has 0 bridgehead atoms. The summed E-state index contributed by atoms with van der Waals surface area (Å²) in [5, 5.41) is 8.52.